The predicted octanol–water partition coefficient (Wildman–Crippen LogP) is 1.81. The van der Waals surface area contributed by atoms with Crippen LogP contribution in [0.25, 0.3) is 0 Å². The molecular formula is C19H19N3O5. The maximum Gasteiger partial charge on any atom is 0.325 e. The summed E-state index contributed by atoms with van der Waals surface area (Å²) in [7, 11) is 1.47. The van der Waals surface area contributed by atoms with Gasteiger partial charge < -0.3 is 20.5 Å². The fraction of sp³-hybridized carbons (Fsp3) is 0.211. The van der Waals surface area contributed by atoms with Crippen molar-refractivity contribution in [1.82, 2.24) is 10.2 Å². The molecule has 1 atom stereocenters. The number of hydrogen-bond acceptors (Lipinski definition) is 5. The lowest BCUT2D eigenvalue weighted by molar-refractivity contribution is -0.133. The standard InChI is InChI=1S/C19H19N3O5/c1-19(12-7-3-6-10-15(12)27-2)17(25)22(18(26)21-19)11-16(24)20-13-8-4-5-9-14(13)23/h3-10,23H,11H2,1-2H3,(H,20,24)(H,21,26). The number of benzene rings is 2. The Morgan fingerprint density at radius 2 is 1.85 bits per heavy atom. The Kier molecular flexibility index (Phi) is 4.72. The molecule has 0 radical (unpaired) electrons. The van der Waals surface area contributed by atoms with Gasteiger partial charge in [-0.25, -0.2) is 4.79 Å². The summed E-state index contributed by atoms with van der Waals surface area (Å²) < 4.78 is 5.29. The van der Waals surface area contributed by atoms with Crippen LogP contribution in [0.15, 0.2) is 48.5 Å². The number of phenols is 1. The number of urea groups is 1. The van der Waals surface area contributed by atoms with E-state index in [1.165, 1.54) is 19.2 Å². The number of aromatic hydroxyl groups is 1. The van der Waals surface area contributed by atoms with Crippen molar-refractivity contribution in [3.05, 3.63) is 54.1 Å². The highest BCUT2D eigenvalue weighted by Crippen LogP contribution is 2.34. The lowest BCUT2D eigenvalue weighted by Gasteiger charge is -2.24. The van der Waals surface area contributed by atoms with Crippen LogP contribution in [-0.2, 0) is 15.1 Å². The fourth-order valence-corrected chi connectivity index (χ4v) is 2.99. The van der Waals surface area contributed by atoms with Gasteiger partial charge in [-0.05, 0) is 25.1 Å². The number of methoxy groups -OCH3 is 1. The van der Waals surface area contributed by atoms with Crippen molar-refractivity contribution in [2.45, 2.75) is 12.5 Å². The van der Waals surface area contributed by atoms with Crippen molar-refractivity contribution in [1.29, 1.82) is 0 Å². The predicted molar refractivity (Wildman–Crippen MR) is 97.3 cm³/mol. The quantitative estimate of drug-likeness (QED) is 0.550. The lowest BCUT2D eigenvalue weighted by atomic mass is 9.91. The van der Waals surface area contributed by atoms with E-state index in [0.717, 1.165) is 4.90 Å². The van der Waals surface area contributed by atoms with Gasteiger partial charge in [-0.3, -0.25) is 14.5 Å². The van der Waals surface area contributed by atoms with E-state index in [2.05, 4.69) is 10.6 Å². The summed E-state index contributed by atoms with van der Waals surface area (Å²) in [5.74, 6) is -0.829. The monoisotopic (exact) mass is 369 g/mol. The van der Waals surface area contributed by atoms with Gasteiger partial charge >= 0.3 is 6.03 Å². The number of carbonyl (C=O) groups is 3. The molecule has 2 aromatic carbocycles. The zero-order valence-corrected chi connectivity index (χ0v) is 14.9. The maximum atomic E-state index is 12.9. The lowest BCUT2D eigenvalue weighted by Crippen LogP contribution is -2.42. The Morgan fingerprint density at radius 1 is 1.19 bits per heavy atom. The SMILES string of the molecule is COc1ccccc1C1(C)NC(=O)N(CC(=O)Nc2ccccc2O)C1=O. The van der Waals surface area contributed by atoms with Crippen molar-refractivity contribution in [3.8, 4) is 11.5 Å². The van der Waals surface area contributed by atoms with E-state index in [9.17, 15) is 19.5 Å². The molecule has 0 aromatic heterocycles. The average Bonchev–Trinajstić information content (AvgIpc) is 2.87. The van der Waals surface area contributed by atoms with E-state index < -0.39 is 29.9 Å². The molecule has 8 heteroatoms. The summed E-state index contributed by atoms with van der Waals surface area (Å²) in [6.07, 6.45) is 0. The summed E-state index contributed by atoms with van der Waals surface area (Å²) in [5.41, 5.74) is -0.657. The Morgan fingerprint density at radius 3 is 2.56 bits per heavy atom. The molecule has 1 fully saturated rings. The van der Waals surface area contributed by atoms with Crippen molar-refractivity contribution in [2.75, 3.05) is 19.0 Å². The summed E-state index contributed by atoms with van der Waals surface area (Å²) in [6.45, 7) is 1.08. The van der Waals surface area contributed by atoms with Crippen molar-refractivity contribution in [3.63, 3.8) is 0 Å². The molecule has 1 aliphatic rings. The highest BCUT2D eigenvalue weighted by Gasteiger charge is 2.50. The van der Waals surface area contributed by atoms with E-state index in [-0.39, 0.29) is 11.4 Å². The molecule has 2 aromatic rings. The van der Waals surface area contributed by atoms with Gasteiger partial charge in [0, 0.05) is 5.56 Å². The maximum absolute atomic E-state index is 12.9. The third kappa shape index (κ3) is 3.29. The van der Waals surface area contributed by atoms with Crippen molar-refractivity contribution < 1.29 is 24.2 Å². The van der Waals surface area contributed by atoms with Gasteiger partial charge in [0.25, 0.3) is 5.91 Å². The first kappa shape index (κ1) is 18.2. The van der Waals surface area contributed by atoms with Crippen molar-refractivity contribution >= 4 is 23.5 Å². The largest absolute Gasteiger partial charge is 0.506 e. The van der Waals surface area contributed by atoms with E-state index >= 15 is 0 Å². The number of carbonyl (C=O) groups excluding carboxylic acids is 3. The highest BCUT2D eigenvalue weighted by atomic mass is 16.5. The van der Waals surface area contributed by atoms with Gasteiger partial charge in [-0.15, -0.1) is 0 Å². The number of ether oxygens (including phenoxy) is 1. The third-order valence-electron chi connectivity index (χ3n) is 4.40. The Labute approximate surface area is 155 Å². The number of phenolic OH excluding ortho intramolecular Hbond substituents is 1. The number of nitrogens with zero attached hydrogens (tertiary/aromatic N) is 1. The number of para-hydroxylation sites is 3. The van der Waals surface area contributed by atoms with Crippen LogP contribution in [0.3, 0.4) is 0 Å². The molecular weight excluding hydrogens is 350 g/mol. The molecule has 0 aliphatic carbocycles. The minimum atomic E-state index is -1.35. The molecule has 8 nitrogen and oxygen atoms in total. The zero-order chi connectivity index (χ0) is 19.6. The molecule has 3 rings (SSSR count). The molecule has 1 aliphatic heterocycles. The van der Waals surface area contributed by atoms with Crippen LogP contribution in [0.2, 0.25) is 0 Å². The van der Waals surface area contributed by atoms with Crippen LogP contribution >= 0.6 is 0 Å². The summed E-state index contributed by atoms with van der Waals surface area (Å²) in [4.78, 5) is 38.4. The molecule has 3 N–H and O–H groups in total. The Bertz CT molecular complexity index is 914. The smallest absolute Gasteiger partial charge is 0.325 e. The molecule has 1 saturated heterocycles. The number of rotatable bonds is 5. The Hall–Kier alpha value is -3.55. The zero-order valence-electron chi connectivity index (χ0n) is 14.9. The van der Waals surface area contributed by atoms with Crippen LogP contribution in [0, 0.1) is 0 Å². The van der Waals surface area contributed by atoms with Crippen LogP contribution in [0.5, 0.6) is 11.5 Å². The number of imide groups is 1. The van der Waals surface area contributed by atoms with E-state index in [0.29, 0.717) is 11.3 Å². The van der Waals surface area contributed by atoms with Gasteiger partial charge in [0.2, 0.25) is 5.91 Å². The van der Waals surface area contributed by atoms with Crippen LogP contribution < -0.4 is 15.4 Å². The second-order valence-electron chi connectivity index (χ2n) is 6.21. The number of amides is 4. The second kappa shape index (κ2) is 6.99. The highest BCUT2D eigenvalue weighted by molar-refractivity contribution is 6.10. The van der Waals surface area contributed by atoms with Gasteiger partial charge in [0.05, 0.1) is 12.8 Å². The third-order valence-corrected chi connectivity index (χ3v) is 4.40. The molecule has 4 amide bonds. The normalized spacial score (nSPS) is 19.0. The van der Waals surface area contributed by atoms with E-state index in [4.69, 9.17) is 4.74 Å². The van der Waals surface area contributed by atoms with E-state index in [1.807, 2.05) is 0 Å². The first-order chi connectivity index (χ1) is 12.9. The molecule has 0 saturated carbocycles. The number of hydrogen-bond donors (Lipinski definition) is 3. The van der Waals surface area contributed by atoms with Crippen molar-refractivity contribution in [2.24, 2.45) is 0 Å². The number of nitrogens with one attached hydrogen (secondary N) is 2. The fourth-order valence-electron chi connectivity index (χ4n) is 2.99. The minimum absolute atomic E-state index is 0.109. The molecule has 1 unspecified atom stereocenters. The van der Waals surface area contributed by atoms with Gasteiger partial charge in [0.1, 0.15) is 23.6 Å². The molecule has 0 bridgehead atoms. The molecule has 27 heavy (non-hydrogen) atoms. The minimum Gasteiger partial charge on any atom is -0.506 e. The van der Waals surface area contributed by atoms with Crippen LogP contribution in [0.1, 0.15) is 12.5 Å². The Balaban J connectivity index is 1.80. The van der Waals surface area contributed by atoms with E-state index in [1.54, 1.807) is 43.3 Å². The second-order valence-corrected chi connectivity index (χ2v) is 6.21. The molecule has 1 heterocycles. The summed E-state index contributed by atoms with van der Waals surface area (Å²) in [5, 5.41) is 14.8. The van der Waals surface area contributed by atoms with Gasteiger partial charge in [-0.2, -0.15) is 0 Å². The summed E-state index contributed by atoms with van der Waals surface area (Å²) in [6, 6.07) is 12.4. The topological polar surface area (TPSA) is 108 Å². The molecule has 140 valence electrons. The molecule has 0 spiro atoms. The summed E-state index contributed by atoms with van der Waals surface area (Å²) >= 11 is 0. The van der Waals surface area contributed by atoms with Crippen LogP contribution in [-0.4, -0.2) is 41.5 Å². The van der Waals surface area contributed by atoms with Gasteiger partial charge in [0.15, 0.2) is 0 Å². The van der Waals surface area contributed by atoms with Crippen LogP contribution in [0.4, 0.5) is 10.5 Å². The average molecular weight is 369 g/mol. The first-order valence-corrected chi connectivity index (χ1v) is 8.22. The number of anilines is 1. The van der Waals surface area contributed by atoms with Gasteiger partial charge in [-0.1, -0.05) is 30.3 Å². The first-order valence-electron chi connectivity index (χ1n) is 8.22.